The SMILES string of the molecule is O=C(c1coc2ccccc12)N1CCC(C(=O)O)(c2ccccc2)CC1. The second kappa shape index (κ2) is 6.33. The molecule has 1 aliphatic heterocycles. The van der Waals surface area contributed by atoms with E-state index in [0.29, 0.717) is 37.1 Å². The molecule has 1 fully saturated rings. The highest BCUT2D eigenvalue weighted by Crippen LogP contribution is 2.36. The van der Waals surface area contributed by atoms with Gasteiger partial charge in [0.25, 0.3) is 5.91 Å². The number of aliphatic carboxylic acids is 1. The van der Waals surface area contributed by atoms with Crippen LogP contribution in [0, 0.1) is 0 Å². The minimum absolute atomic E-state index is 0.109. The van der Waals surface area contributed by atoms with Crippen LogP contribution in [0.2, 0.25) is 0 Å². The number of fused-ring (bicyclic) bond motifs is 1. The highest BCUT2D eigenvalue weighted by Gasteiger charge is 2.44. The molecule has 5 nitrogen and oxygen atoms in total. The maximum absolute atomic E-state index is 12.9. The number of amides is 1. The molecule has 0 radical (unpaired) electrons. The van der Waals surface area contributed by atoms with Crippen molar-refractivity contribution in [2.45, 2.75) is 18.3 Å². The van der Waals surface area contributed by atoms with E-state index in [-0.39, 0.29) is 5.91 Å². The molecule has 4 rings (SSSR count). The van der Waals surface area contributed by atoms with E-state index in [0.717, 1.165) is 10.9 Å². The molecule has 2 aromatic carbocycles. The van der Waals surface area contributed by atoms with Gasteiger partial charge in [-0.2, -0.15) is 0 Å². The Morgan fingerprint density at radius 1 is 0.962 bits per heavy atom. The molecule has 26 heavy (non-hydrogen) atoms. The van der Waals surface area contributed by atoms with Crippen molar-refractivity contribution < 1.29 is 19.1 Å². The number of carbonyl (C=O) groups is 2. The van der Waals surface area contributed by atoms with E-state index in [1.54, 1.807) is 4.90 Å². The third-order valence-corrected chi connectivity index (χ3v) is 5.35. The standard InChI is InChI=1S/C21H19NO4/c23-19(17-14-26-18-9-5-4-8-16(17)18)22-12-10-21(11-13-22,20(24)25)15-6-2-1-3-7-15/h1-9,14H,10-13H2,(H,24,25). The average molecular weight is 349 g/mol. The van der Waals surface area contributed by atoms with Gasteiger partial charge in [0.15, 0.2) is 0 Å². The first-order valence-corrected chi connectivity index (χ1v) is 8.66. The topological polar surface area (TPSA) is 70.8 Å². The van der Waals surface area contributed by atoms with Gasteiger partial charge in [0, 0.05) is 18.5 Å². The number of hydrogen-bond donors (Lipinski definition) is 1. The number of carboxylic acid groups (broad SMARTS) is 1. The Morgan fingerprint density at radius 2 is 1.62 bits per heavy atom. The number of hydrogen-bond acceptors (Lipinski definition) is 3. The zero-order chi connectivity index (χ0) is 18.1. The van der Waals surface area contributed by atoms with Gasteiger partial charge in [-0.3, -0.25) is 9.59 Å². The van der Waals surface area contributed by atoms with Crippen LogP contribution in [0.25, 0.3) is 11.0 Å². The largest absolute Gasteiger partial charge is 0.481 e. The number of nitrogens with zero attached hydrogens (tertiary/aromatic N) is 1. The summed E-state index contributed by atoms with van der Waals surface area (Å²) in [6, 6.07) is 16.7. The number of para-hydroxylation sites is 1. The number of likely N-dealkylation sites (tertiary alicyclic amines) is 1. The maximum atomic E-state index is 12.9. The molecule has 5 heteroatoms. The van der Waals surface area contributed by atoms with Crippen LogP contribution in [0.4, 0.5) is 0 Å². The number of rotatable bonds is 3. The summed E-state index contributed by atoms with van der Waals surface area (Å²) in [7, 11) is 0. The Bertz CT molecular complexity index is 952. The van der Waals surface area contributed by atoms with Gasteiger partial charge < -0.3 is 14.4 Å². The molecule has 1 aromatic heterocycles. The van der Waals surface area contributed by atoms with Gasteiger partial charge in [0.2, 0.25) is 0 Å². The van der Waals surface area contributed by atoms with E-state index < -0.39 is 11.4 Å². The molecular formula is C21H19NO4. The Kier molecular flexibility index (Phi) is 3.99. The second-order valence-electron chi connectivity index (χ2n) is 6.69. The minimum atomic E-state index is -0.934. The quantitative estimate of drug-likeness (QED) is 0.783. The highest BCUT2D eigenvalue weighted by molar-refractivity contribution is 6.06. The van der Waals surface area contributed by atoms with Gasteiger partial charge in [0.1, 0.15) is 11.8 Å². The van der Waals surface area contributed by atoms with E-state index in [1.807, 2.05) is 54.6 Å². The summed E-state index contributed by atoms with van der Waals surface area (Å²) in [4.78, 5) is 26.7. The highest BCUT2D eigenvalue weighted by atomic mass is 16.4. The molecule has 0 bridgehead atoms. The molecule has 0 saturated carbocycles. The molecule has 0 atom stereocenters. The van der Waals surface area contributed by atoms with Crippen molar-refractivity contribution in [1.82, 2.24) is 4.90 Å². The zero-order valence-corrected chi connectivity index (χ0v) is 14.2. The van der Waals surface area contributed by atoms with Crippen LogP contribution in [-0.4, -0.2) is 35.0 Å². The Balaban J connectivity index is 1.58. The van der Waals surface area contributed by atoms with Gasteiger partial charge in [0.05, 0.1) is 11.0 Å². The van der Waals surface area contributed by atoms with Crippen LogP contribution >= 0.6 is 0 Å². The number of furan rings is 1. The lowest BCUT2D eigenvalue weighted by Gasteiger charge is -2.39. The van der Waals surface area contributed by atoms with Crippen LogP contribution in [-0.2, 0) is 10.2 Å². The molecule has 3 aromatic rings. The Morgan fingerprint density at radius 3 is 2.31 bits per heavy atom. The summed E-state index contributed by atoms with van der Waals surface area (Å²) in [6.07, 6.45) is 2.28. The van der Waals surface area contributed by atoms with Crippen molar-refractivity contribution in [3.8, 4) is 0 Å². The van der Waals surface area contributed by atoms with Crippen LogP contribution in [0.1, 0.15) is 28.8 Å². The van der Waals surface area contributed by atoms with Gasteiger partial charge in [-0.25, -0.2) is 0 Å². The van der Waals surface area contributed by atoms with E-state index in [9.17, 15) is 14.7 Å². The lowest BCUT2D eigenvalue weighted by molar-refractivity contribution is -0.145. The Hall–Kier alpha value is -3.08. The van der Waals surface area contributed by atoms with Crippen molar-refractivity contribution >= 4 is 22.8 Å². The van der Waals surface area contributed by atoms with Crippen molar-refractivity contribution in [2.24, 2.45) is 0 Å². The van der Waals surface area contributed by atoms with Crippen molar-refractivity contribution in [2.75, 3.05) is 13.1 Å². The first kappa shape index (κ1) is 16.4. The van der Waals surface area contributed by atoms with Gasteiger partial charge in [-0.15, -0.1) is 0 Å². The summed E-state index contributed by atoms with van der Waals surface area (Å²) >= 11 is 0. The predicted octanol–water partition coefficient (Wildman–Crippen LogP) is 3.69. The molecule has 0 unspecified atom stereocenters. The number of carbonyl (C=O) groups excluding carboxylic acids is 1. The fraction of sp³-hybridized carbons (Fsp3) is 0.238. The second-order valence-corrected chi connectivity index (χ2v) is 6.69. The molecule has 1 N–H and O–H groups in total. The van der Waals surface area contributed by atoms with Crippen LogP contribution in [0.15, 0.2) is 65.3 Å². The fourth-order valence-corrected chi connectivity index (χ4v) is 3.79. The van der Waals surface area contributed by atoms with E-state index >= 15 is 0 Å². The lowest BCUT2D eigenvalue weighted by Crippen LogP contribution is -2.49. The van der Waals surface area contributed by atoms with Gasteiger partial charge in [-0.1, -0.05) is 48.5 Å². The first-order chi connectivity index (χ1) is 12.6. The molecule has 0 aliphatic carbocycles. The first-order valence-electron chi connectivity index (χ1n) is 8.66. The lowest BCUT2D eigenvalue weighted by atomic mass is 9.73. The molecule has 1 amide bonds. The third-order valence-electron chi connectivity index (χ3n) is 5.35. The van der Waals surface area contributed by atoms with Gasteiger partial charge >= 0.3 is 5.97 Å². The van der Waals surface area contributed by atoms with Crippen molar-refractivity contribution in [3.05, 3.63) is 72.0 Å². The van der Waals surface area contributed by atoms with Gasteiger partial charge in [-0.05, 0) is 24.5 Å². The summed E-state index contributed by atoms with van der Waals surface area (Å²) in [5, 5.41) is 10.7. The molecular weight excluding hydrogens is 330 g/mol. The van der Waals surface area contributed by atoms with Crippen LogP contribution in [0.3, 0.4) is 0 Å². The molecule has 2 heterocycles. The Labute approximate surface area is 150 Å². The average Bonchev–Trinajstić information content (AvgIpc) is 3.12. The smallest absolute Gasteiger partial charge is 0.314 e. The third kappa shape index (κ3) is 2.56. The van der Waals surface area contributed by atoms with E-state index in [1.165, 1.54) is 6.26 Å². The predicted molar refractivity (Wildman–Crippen MR) is 97.1 cm³/mol. The monoisotopic (exact) mass is 349 g/mol. The fourth-order valence-electron chi connectivity index (χ4n) is 3.79. The summed E-state index contributed by atoms with van der Waals surface area (Å²) in [5.74, 6) is -0.938. The van der Waals surface area contributed by atoms with Crippen LogP contribution in [0.5, 0.6) is 0 Å². The number of carboxylic acids is 1. The maximum Gasteiger partial charge on any atom is 0.314 e. The van der Waals surface area contributed by atoms with Crippen molar-refractivity contribution in [3.63, 3.8) is 0 Å². The molecule has 1 aliphatic rings. The minimum Gasteiger partial charge on any atom is -0.481 e. The molecule has 1 saturated heterocycles. The summed E-state index contributed by atoms with van der Waals surface area (Å²) in [6.45, 7) is 0.805. The summed E-state index contributed by atoms with van der Waals surface area (Å²) in [5.41, 5.74) is 1.07. The summed E-state index contributed by atoms with van der Waals surface area (Å²) < 4.78 is 5.47. The number of piperidine rings is 1. The number of benzene rings is 2. The van der Waals surface area contributed by atoms with Crippen molar-refractivity contribution in [1.29, 1.82) is 0 Å². The molecule has 132 valence electrons. The molecule has 0 spiro atoms. The normalized spacial score (nSPS) is 16.5. The zero-order valence-electron chi connectivity index (χ0n) is 14.2. The van der Waals surface area contributed by atoms with E-state index in [4.69, 9.17) is 4.42 Å². The van der Waals surface area contributed by atoms with Crippen LogP contribution < -0.4 is 0 Å². The van der Waals surface area contributed by atoms with E-state index in [2.05, 4.69) is 0 Å².